The van der Waals surface area contributed by atoms with Crippen LogP contribution in [0.15, 0.2) is 23.3 Å². The molecule has 8 nitrogen and oxygen atoms in total. The van der Waals surface area contributed by atoms with E-state index in [0.29, 0.717) is 25.6 Å². The maximum atomic E-state index is 10.7. The van der Waals surface area contributed by atoms with Crippen molar-refractivity contribution in [1.82, 2.24) is 20.5 Å². The number of aliphatic imine (C=N–C) groups is 1. The molecule has 1 atom stereocenters. The predicted molar refractivity (Wildman–Crippen MR) is 125 cm³/mol. The first-order valence-corrected chi connectivity index (χ1v) is 9.57. The average molecular weight is 506 g/mol. The number of pyridine rings is 1. The standard InChI is InChI=1S/C19H34N6O2.HI/c1-5-20-18(22-13-16-7-6-8-21-17(16)24(3)4)23-14-19(2,26)15-25-9-11-27-12-10-25;/h6-8,26H,5,9-15H2,1-4H3,(H2,20,22,23);1H. The molecule has 0 saturated carbocycles. The molecular formula is C19H35IN6O2. The van der Waals surface area contributed by atoms with Crippen molar-refractivity contribution in [2.24, 2.45) is 4.99 Å². The van der Waals surface area contributed by atoms with E-state index in [0.717, 1.165) is 44.2 Å². The molecule has 1 aliphatic heterocycles. The lowest BCUT2D eigenvalue weighted by molar-refractivity contribution is -0.0201. The molecule has 3 N–H and O–H groups in total. The molecule has 1 saturated heterocycles. The Morgan fingerprint density at radius 2 is 2.07 bits per heavy atom. The van der Waals surface area contributed by atoms with Crippen LogP contribution < -0.4 is 15.5 Å². The maximum absolute atomic E-state index is 10.7. The third-order valence-electron chi connectivity index (χ3n) is 4.35. The molecule has 0 aromatic carbocycles. The van der Waals surface area contributed by atoms with Crippen LogP contribution in [0.25, 0.3) is 0 Å². The van der Waals surface area contributed by atoms with Crippen LogP contribution in [0, 0.1) is 0 Å². The summed E-state index contributed by atoms with van der Waals surface area (Å²) in [6.45, 7) is 9.35. The fourth-order valence-electron chi connectivity index (χ4n) is 3.03. The number of anilines is 1. The predicted octanol–water partition coefficient (Wildman–Crippen LogP) is 0.904. The molecule has 0 amide bonds. The summed E-state index contributed by atoms with van der Waals surface area (Å²) in [7, 11) is 3.95. The number of hydrogen-bond acceptors (Lipinski definition) is 6. The van der Waals surface area contributed by atoms with Crippen LogP contribution in [0.3, 0.4) is 0 Å². The molecule has 28 heavy (non-hydrogen) atoms. The number of halogens is 1. The van der Waals surface area contributed by atoms with Crippen molar-refractivity contribution >= 4 is 35.8 Å². The van der Waals surface area contributed by atoms with E-state index in [-0.39, 0.29) is 24.0 Å². The van der Waals surface area contributed by atoms with E-state index in [2.05, 4.69) is 25.5 Å². The maximum Gasteiger partial charge on any atom is 0.191 e. The van der Waals surface area contributed by atoms with Crippen molar-refractivity contribution < 1.29 is 9.84 Å². The zero-order chi connectivity index (χ0) is 19.7. The molecule has 160 valence electrons. The van der Waals surface area contributed by atoms with Gasteiger partial charge in [0.1, 0.15) is 5.82 Å². The third-order valence-corrected chi connectivity index (χ3v) is 4.35. The van der Waals surface area contributed by atoms with Gasteiger partial charge in [0.15, 0.2) is 5.96 Å². The summed E-state index contributed by atoms with van der Waals surface area (Å²) in [5, 5.41) is 17.2. The Bertz CT molecular complexity index is 606. The molecule has 1 unspecified atom stereocenters. The van der Waals surface area contributed by atoms with Gasteiger partial charge in [0.05, 0.1) is 25.4 Å². The molecule has 1 fully saturated rings. The highest BCUT2D eigenvalue weighted by Gasteiger charge is 2.25. The van der Waals surface area contributed by atoms with Gasteiger partial charge in [-0.2, -0.15) is 0 Å². The lowest BCUT2D eigenvalue weighted by atomic mass is 10.1. The van der Waals surface area contributed by atoms with Gasteiger partial charge >= 0.3 is 0 Å². The molecule has 2 rings (SSSR count). The Balaban J connectivity index is 0.00000392. The number of morpholine rings is 1. The number of guanidine groups is 1. The molecule has 0 aliphatic carbocycles. The molecule has 2 heterocycles. The zero-order valence-electron chi connectivity index (χ0n) is 17.4. The van der Waals surface area contributed by atoms with Gasteiger partial charge in [-0.05, 0) is 19.9 Å². The van der Waals surface area contributed by atoms with Gasteiger partial charge in [-0.15, -0.1) is 24.0 Å². The normalized spacial score (nSPS) is 17.4. The number of rotatable bonds is 8. The van der Waals surface area contributed by atoms with Crippen molar-refractivity contribution in [1.29, 1.82) is 0 Å². The fourth-order valence-corrected chi connectivity index (χ4v) is 3.03. The second-order valence-corrected chi connectivity index (χ2v) is 7.31. The molecule has 9 heteroatoms. The second-order valence-electron chi connectivity index (χ2n) is 7.31. The van der Waals surface area contributed by atoms with Gasteiger partial charge in [0, 0.05) is 58.6 Å². The average Bonchev–Trinajstić information content (AvgIpc) is 2.64. The van der Waals surface area contributed by atoms with Gasteiger partial charge in [-0.3, -0.25) is 4.90 Å². The first-order chi connectivity index (χ1) is 12.9. The molecule has 0 bridgehead atoms. The fraction of sp³-hybridized carbons (Fsp3) is 0.684. The van der Waals surface area contributed by atoms with Crippen molar-refractivity contribution in [3.8, 4) is 0 Å². The van der Waals surface area contributed by atoms with E-state index >= 15 is 0 Å². The number of aromatic nitrogens is 1. The first kappa shape index (κ1) is 24.9. The number of aliphatic hydroxyl groups is 1. The molecule has 0 radical (unpaired) electrons. The minimum atomic E-state index is -0.851. The zero-order valence-corrected chi connectivity index (χ0v) is 19.8. The molecular weight excluding hydrogens is 471 g/mol. The smallest absolute Gasteiger partial charge is 0.191 e. The van der Waals surface area contributed by atoms with E-state index in [1.807, 2.05) is 45.0 Å². The summed E-state index contributed by atoms with van der Waals surface area (Å²) in [5.41, 5.74) is 0.205. The number of β-amino-alcohol motifs (C(OH)–C–C–N with tert-alkyl or cyclic N) is 1. The minimum absolute atomic E-state index is 0. The molecule has 0 spiro atoms. The molecule has 1 aromatic rings. The minimum Gasteiger partial charge on any atom is -0.387 e. The van der Waals surface area contributed by atoms with Crippen molar-refractivity contribution in [2.75, 3.05) is 64.9 Å². The topological polar surface area (TPSA) is 85.2 Å². The second kappa shape index (κ2) is 12.4. The molecule has 1 aliphatic rings. The van der Waals surface area contributed by atoms with Crippen LogP contribution in [0.4, 0.5) is 5.82 Å². The highest BCUT2D eigenvalue weighted by Crippen LogP contribution is 2.15. The van der Waals surface area contributed by atoms with E-state index in [4.69, 9.17) is 4.74 Å². The van der Waals surface area contributed by atoms with E-state index in [1.54, 1.807) is 6.20 Å². The summed E-state index contributed by atoms with van der Waals surface area (Å²) < 4.78 is 5.37. The number of nitrogens with zero attached hydrogens (tertiary/aromatic N) is 4. The highest BCUT2D eigenvalue weighted by molar-refractivity contribution is 14.0. The van der Waals surface area contributed by atoms with Crippen LogP contribution in [0.5, 0.6) is 0 Å². The van der Waals surface area contributed by atoms with E-state index < -0.39 is 5.60 Å². The first-order valence-electron chi connectivity index (χ1n) is 9.57. The van der Waals surface area contributed by atoms with Gasteiger partial charge in [-0.25, -0.2) is 9.98 Å². The van der Waals surface area contributed by atoms with Crippen molar-refractivity contribution in [2.45, 2.75) is 26.0 Å². The van der Waals surface area contributed by atoms with Crippen LogP contribution >= 0.6 is 24.0 Å². The van der Waals surface area contributed by atoms with Crippen LogP contribution in [0.1, 0.15) is 19.4 Å². The van der Waals surface area contributed by atoms with E-state index in [1.165, 1.54) is 0 Å². The van der Waals surface area contributed by atoms with Gasteiger partial charge in [-0.1, -0.05) is 6.07 Å². The van der Waals surface area contributed by atoms with Gasteiger partial charge < -0.3 is 25.4 Å². The highest BCUT2D eigenvalue weighted by atomic mass is 127. The van der Waals surface area contributed by atoms with Gasteiger partial charge in [0.25, 0.3) is 0 Å². The SMILES string of the molecule is CCNC(=NCc1cccnc1N(C)C)NCC(C)(O)CN1CCOCC1.I. The number of hydrogen-bond donors (Lipinski definition) is 3. The van der Waals surface area contributed by atoms with Crippen LogP contribution in [-0.4, -0.2) is 86.6 Å². The van der Waals surface area contributed by atoms with Crippen LogP contribution in [0.2, 0.25) is 0 Å². The largest absolute Gasteiger partial charge is 0.387 e. The Kier molecular flexibility index (Phi) is 11.0. The lowest BCUT2D eigenvalue weighted by Crippen LogP contribution is -2.52. The Hall–Kier alpha value is -1.17. The summed E-state index contributed by atoms with van der Waals surface area (Å²) in [6.07, 6.45) is 1.79. The number of ether oxygens (including phenoxy) is 1. The summed E-state index contributed by atoms with van der Waals surface area (Å²) >= 11 is 0. The summed E-state index contributed by atoms with van der Waals surface area (Å²) in [4.78, 5) is 13.3. The van der Waals surface area contributed by atoms with Gasteiger partial charge in [0.2, 0.25) is 0 Å². The number of nitrogens with one attached hydrogen (secondary N) is 2. The Morgan fingerprint density at radius 3 is 2.71 bits per heavy atom. The summed E-state index contributed by atoms with van der Waals surface area (Å²) in [6, 6.07) is 3.95. The summed E-state index contributed by atoms with van der Waals surface area (Å²) in [5.74, 6) is 1.60. The third kappa shape index (κ3) is 8.46. The van der Waals surface area contributed by atoms with E-state index in [9.17, 15) is 5.11 Å². The van der Waals surface area contributed by atoms with Crippen molar-refractivity contribution in [3.05, 3.63) is 23.9 Å². The Labute approximate surface area is 185 Å². The Morgan fingerprint density at radius 1 is 1.36 bits per heavy atom. The van der Waals surface area contributed by atoms with Crippen molar-refractivity contribution in [3.63, 3.8) is 0 Å². The lowest BCUT2D eigenvalue weighted by Gasteiger charge is -2.34. The molecule has 1 aromatic heterocycles. The van der Waals surface area contributed by atoms with Crippen LogP contribution in [-0.2, 0) is 11.3 Å². The quantitative estimate of drug-likeness (QED) is 0.275. The monoisotopic (exact) mass is 506 g/mol.